The Kier molecular flexibility index (Phi) is 5.48. The van der Waals surface area contributed by atoms with Crippen LogP contribution >= 0.6 is 11.6 Å². The molecule has 0 unspecified atom stereocenters. The van der Waals surface area contributed by atoms with Crippen LogP contribution in [0.5, 0.6) is 0 Å². The molecule has 0 bridgehead atoms. The van der Waals surface area contributed by atoms with Crippen LogP contribution in [0.25, 0.3) is 0 Å². The zero-order valence-electron chi connectivity index (χ0n) is 8.27. The summed E-state index contributed by atoms with van der Waals surface area (Å²) >= 11 is 5.90. The van der Waals surface area contributed by atoms with Gasteiger partial charge in [0.25, 0.3) is 0 Å². The fraction of sp³-hybridized carbons (Fsp3) is 0.182. The summed E-state index contributed by atoms with van der Waals surface area (Å²) in [6.45, 7) is 2.20. The molecule has 0 radical (unpaired) electrons. The first-order valence-corrected chi connectivity index (χ1v) is 6.70. The van der Waals surface area contributed by atoms with E-state index in [4.69, 9.17) is 16.3 Å². The number of carbonyl (C=O) groups excluding carboxylic acids is 1. The average Bonchev–Trinajstić information content (AvgIpc) is 2.21. The second kappa shape index (κ2) is 6.67. The van der Waals surface area contributed by atoms with Gasteiger partial charge in [-0.05, 0) is 0 Å². The molecule has 1 aromatic rings. The van der Waals surface area contributed by atoms with E-state index >= 15 is 0 Å². The Labute approximate surface area is 100 Å². The van der Waals surface area contributed by atoms with E-state index < -0.39 is 0 Å². The van der Waals surface area contributed by atoms with Gasteiger partial charge >= 0.3 is 100 Å². The summed E-state index contributed by atoms with van der Waals surface area (Å²) in [6.07, 6.45) is 1.47. The summed E-state index contributed by atoms with van der Waals surface area (Å²) in [5.41, 5.74) is 0. The molecule has 0 N–H and O–H groups in total. The molecule has 1 aromatic carbocycles. The number of halogens is 1. The Morgan fingerprint density at radius 1 is 1.47 bits per heavy atom. The van der Waals surface area contributed by atoms with Crippen LogP contribution in [0, 0.1) is 0 Å². The molecule has 2 nitrogen and oxygen atoms in total. The topological polar surface area (TPSA) is 26.3 Å². The van der Waals surface area contributed by atoms with E-state index in [0.29, 0.717) is 6.61 Å². The first-order chi connectivity index (χ1) is 7.22. The second-order valence-corrected chi connectivity index (χ2v) is 5.12. The van der Waals surface area contributed by atoms with Gasteiger partial charge in [0.1, 0.15) is 0 Å². The molecular formula is C11H11ClO2Se. The maximum absolute atomic E-state index is 11.0. The fourth-order valence-corrected chi connectivity index (χ4v) is 2.32. The van der Waals surface area contributed by atoms with Crippen LogP contribution in [0.4, 0.5) is 0 Å². The van der Waals surface area contributed by atoms with Crippen molar-refractivity contribution in [3.8, 4) is 0 Å². The van der Waals surface area contributed by atoms with E-state index in [1.807, 2.05) is 29.2 Å². The van der Waals surface area contributed by atoms with Gasteiger partial charge in [0.15, 0.2) is 0 Å². The van der Waals surface area contributed by atoms with E-state index in [9.17, 15) is 4.79 Å². The average molecular weight is 290 g/mol. The summed E-state index contributed by atoms with van der Waals surface area (Å²) in [7, 11) is 0. The summed E-state index contributed by atoms with van der Waals surface area (Å²) < 4.78 is 5.94. The van der Waals surface area contributed by atoms with Crippen molar-refractivity contribution in [2.45, 2.75) is 6.92 Å². The van der Waals surface area contributed by atoms with Crippen LogP contribution in [0.1, 0.15) is 6.92 Å². The van der Waals surface area contributed by atoms with Crippen LogP contribution in [-0.4, -0.2) is 27.5 Å². The van der Waals surface area contributed by atoms with Crippen molar-refractivity contribution in [1.82, 2.24) is 0 Å². The second-order valence-electron chi connectivity index (χ2n) is 2.63. The van der Waals surface area contributed by atoms with Gasteiger partial charge in [0, 0.05) is 0 Å². The van der Waals surface area contributed by atoms with Crippen LogP contribution in [-0.2, 0) is 9.53 Å². The molecule has 4 heteroatoms. The van der Waals surface area contributed by atoms with E-state index in [2.05, 4.69) is 0 Å². The number of ether oxygens (including phenoxy) is 1. The Morgan fingerprint density at radius 3 is 2.73 bits per heavy atom. The van der Waals surface area contributed by atoms with Crippen molar-refractivity contribution in [1.29, 1.82) is 0 Å². The molecule has 0 aliphatic rings. The molecule has 0 heterocycles. The van der Waals surface area contributed by atoms with Gasteiger partial charge in [-0.1, -0.05) is 0 Å². The Bertz CT molecular complexity index is 346. The van der Waals surface area contributed by atoms with Crippen molar-refractivity contribution in [2.24, 2.45) is 0 Å². The Morgan fingerprint density at radius 2 is 2.13 bits per heavy atom. The van der Waals surface area contributed by atoms with Crippen LogP contribution in [0.15, 0.2) is 35.3 Å². The number of hydrogen-bond acceptors (Lipinski definition) is 2. The quantitative estimate of drug-likeness (QED) is 0.479. The van der Waals surface area contributed by atoms with Crippen LogP contribution in [0.2, 0.25) is 5.02 Å². The normalized spacial score (nSPS) is 10.5. The molecular weight excluding hydrogens is 279 g/mol. The van der Waals surface area contributed by atoms with Crippen LogP contribution in [0.3, 0.4) is 0 Å². The van der Waals surface area contributed by atoms with Gasteiger partial charge in [-0.25, -0.2) is 0 Å². The summed E-state index contributed by atoms with van der Waals surface area (Å²) in [5, 5.41) is 0.726. The van der Waals surface area contributed by atoms with E-state index in [0.717, 1.165) is 5.02 Å². The van der Waals surface area contributed by atoms with Gasteiger partial charge < -0.3 is 0 Å². The number of hydrogen-bond donors (Lipinski definition) is 0. The maximum atomic E-state index is 11.0. The molecule has 15 heavy (non-hydrogen) atoms. The molecule has 1 rings (SSSR count). The minimum absolute atomic E-state index is 0.150. The monoisotopic (exact) mass is 290 g/mol. The molecule has 0 amide bonds. The number of carbonyl (C=O) groups is 1. The molecule has 0 saturated heterocycles. The zero-order valence-corrected chi connectivity index (χ0v) is 10.7. The molecule has 0 spiro atoms. The van der Waals surface area contributed by atoms with Gasteiger partial charge in [0.2, 0.25) is 0 Å². The molecule has 80 valence electrons. The van der Waals surface area contributed by atoms with Crippen molar-refractivity contribution in [3.63, 3.8) is 0 Å². The van der Waals surface area contributed by atoms with E-state index in [1.54, 1.807) is 6.92 Å². The van der Waals surface area contributed by atoms with Crippen molar-refractivity contribution < 1.29 is 9.53 Å². The molecule has 0 aliphatic heterocycles. The number of benzene rings is 1. The standard InChI is InChI=1S/C11H11ClO2Se/c1-2-14-11(13)7-8-15-10-5-3-9(12)4-6-10/h3-8H,2H2,1H3/b8-7-. The van der Waals surface area contributed by atoms with Gasteiger partial charge in [-0.15, -0.1) is 0 Å². The van der Waals surface area contributed by atoms with Crippen LogP contribution < -0.4 is 4.46 Å². The van der Waals surface area contributed by atoms with Crippen molar-refractivity contribution in [2.75, 3.05) is 6.61 Å². The molecule has 0 fully saturated rings. The fourth-order valence-electron chi connectivity index (χ4n) is 0.872. The summed E-state index contributed by atoms with van der Waals surface area (Å²) in [4.78, 5) is 12.8. The van der Waals surface area contributed by atoms with Gasteiger partial charge in [0.05, 0.1) is 0 Å². The third-order valence-corrected chi connectivity index (χ3v) is 3.47. The predicted molar refractivity (Wildman–Crippen MR) is 62.6 cm³/mol. The minimum atomic E-state index is -0.284. The number of rotatable bonds is 4. The summed E-state index contributed by atoms with van der Waals surface area (Å²) in [5.74, 6) is -0.284. The Hall–Kier alpha value is -0.761. The van der Waals surface area contributed by atoms with Gasteiger partial charge in [-0.2, -0.15) is 0 Å². The van der Waals surface area contributed by atoms with Crippen molar-refractivity contribution in [3.05, 3.63) is 40.3 Å². The van der Waals surface area contributed by atoms with Gasteiger partial charge in [-0.3, -0.25) is 0 Å². The molecule has 0 atom stereocenters. The third-order valence-electron chi connectivity index (χ3n) is 1.51. The third kappa shape index (κ3) is 5.03. The first-order valence-electron chi connectivity index (χ1n) is 4.48. The Balaban J connectivity index is 2.43. The zero-order chi connectivity index (χ0) is 11.1. The SMILES string of the molecule is CCOC(=O)/C=C\[Se]c1ccc(Cl)cc1. The summed E-state index contributed by atoms with van der Waals surface area (Å²) in [6, 6.07) is 7.60. The predicted octanol–water partition coefficient (Wildman–Crippen LogP) is 1.75. The van der Waals surface area contributed by atoms with E-state index in [1.165, 1.54) is 10.5 Å². The number of esters is 1. The first kappa shape index (κ1) is 12.3. The molecule has 0 aliphatic carbocycles. The van der Waals surface area contributed by atoms with Crippen molar-refractivity contribution >= 4 is 37.0 Å². The van der Waals surface area contributed by atoms with E-state index in [-0.39, 0.29) is 20.9 Å². The molecule has 0 saturated carbocycles. The molecule has 0 aromatic heterocycles.